The number of sulfonamides is 1. The van der Waals surface area contributed by atoms with Crippen LogP contribution in [-0.2, 0) is 23.0 Å². The van der Waals surface area contributed by atoms with Gasteiger partial charge in [-0.25, -0.2) is 12.8 Å². The molecule has 0 saturated heterocycles. The number of hydrogen-bond acceptors (Lipinski definition) is 5. The molecule has 0 fully saturated rings. The molecular formula is C19H20FN5O3S. The number of hydrogen-bond donors (Lipinski definition) is 2. The summed E-state index contributed by atoms with van der Waals surface area (Å²) in [6.45, 7) is 3.08. The molecule has 0 radical (unpaired) electrons. The minimum Gasteiger partial charge on any atom is -0.352 e. The number of nitrogens with zero attached hydrogens (tertiary/aromatic N) is 3. The number of carbonyl (C=O) groups is 1. The Kier molecular flexibility index (Phi) is 6.23. The largest absolute Gasteiger partial charge is 0.352 e. The van der Waals surface area contributed by atoms with Crippen molar-refractivity contribution in [1.82, 2.24) is 20.1 Å². The second-order valence-corrected chi connectivity index (χ2v) is 7.83. The number of amides is 1. The Morgan fingerprint density at radius 3 is 2.55 bits per heavy atom. The molecule has 1 heterocycles. The SMILES string of the molecule is CCn1cnnc1CCNC(=O)c1ccc(S(=O)(=O)Nc2ccccc2F)cc1. The fourth-order valence-electron chi connectivity index (χ4n) is 2.66. The molecule has 0 aliphatic rings. The van der Waals surface area contributed by atoms with Gasteiger partial charge in [0.15, 0.2) is 0 Å². The quantitative estimate of drug-likeness (QED) is 0.585. The molecule has 1 aromatic heterocycles. The van der Waals surface area contributed by atoms with E-state index in [0.717, 1.165) is 18.4 Å². The van der Waals surface area contributed by atoms with Crippen molar-refractivity contribution in [3.63, 3.8) is 0 Å². The van der Waals surface area contributed by atoms with E-state index in [0.29, 0.717) is 18.5 Å². The molecule has 3 aromatic rings. The lowest BCUT2D eigenvalue weighted by Gasteiger charge is -2.10. The Labute approximate surface area is 167 Å². The molecule has 0 saturated carbocycles. The van der Waals surface area contributed by atoms with Crippen molar-refractivity contribution >= 4 is 21.6 Å². The molecule has 0 unspecified atom stereocenters. The van der Waals surface area contributed by atoms with Crippen molar-refractivity contribution in [2.24, 2.45) is 0 Å². The molecule has 29 heavy (non-hydrogen) atoms. The smallest absolute Gasteiger partial charge is 0.261 e. The van der Waals surface area contributed by atoms with Gasteiger partial charge in [0.25, 0.3) is 15.9 Å². The van der Waals surface area contributed by atoms with Gasteiger partial charge in [-0.3, -0.25) is 9.52 Å². The number of anilines is 1. The molecular weight excluding hydrogens is 397 g/mol. The summed E-state index contributed by atoms with van der Waals surface area (Å²) in [5.41, 5.74) is 0.168. The molecule has 8 nitrogen and oxygen atoms in total. The van der Waals surface area contributed by atoms with Crippen LogP contribution in [0.2, 0.25) is 0 Å². The first kappa shape index (κ1) is 20.5. The maximum Gasteiger partial charge on any atom is 0.261 e. The molecule has 1 amide bonds. The van der Waals surface area contributed by atoms with Crippen LogP contribution < -0.4 is 10.0 Å². The predicted octanol–water partition coefficient (Wildman–Crippen LogP) is 2.21. The van der Waals surface area contributed by atoms with Gasteiger partial charge >= 0.3 is 0 Å². The highest BCUT2D eigenvalue weighted by molar-refractivity contribution is 7.92. The Morgan fingerprint density at radius 1 is 1.14 bits per heavy atom. The molecule has 3 rings (SSSR count). The molecule has 0 bridgehead atoms. The highest BCUT2D eigenvalue weighted by Crippen LogP contribution is 2.19. The number of para-hydroxylation sites is 1. The molecule has 0 atom stereocenters. The van der Waals surface area contributed by atoms with E-state index in [4.69, 9.17) is 0 Å². The summed E-state index contributed by atoms with van der Waals surface area (Å²) in [4.78, 5) is 12.2. The first-order valence-corrected chi connectivity index (χ1v) is 10.4. The summed E-state index contributed by atoms with van der Waals surface area (Å²) >= 11 is 0. The van der Waals surface area contributed by atoms with Crippen molar-refractivity contribution in [2.45, 2.75) is 24.8 Å². The topological polar surface area (TPSA) is 106 Å². The van der Waals surface area contributed by atoms with Crippen molar-refractivity contribution in [3.8, 4) is 0 Å². The maximum atomic E-state index is 13.7. The number of nitrogens with one attached hydrogen (secondary N) is 2. The second kappa shape index (κ2) is 8.82. The first-order valence-electron chi connectivity index (χ1n) is 8.93. The van der Waals surface area contributed by atoms with E-state index in [1.165, 1.54) is 42.5 Å². The number of rotatable bonds is 8. The van der Waals surface area contributed by atoms with E-state index in [1.807, 2.05) is 11.5 Å². The zero-order valence-corrected chi connectivity index (χ0v) is 16.5. The van der Waals surface area contributed by atoms with Crippen LogP contribution in [0.15, 0.2) is 59.8 Å². The number of aromatic nitrogens is 3. The van der Waals surface area contributed by atoms with Gasteiger partial charge in [0.05, 0.1) is 10.6 Å². The van der Waals surface area contributed by atoms with Gasteiger partial charge in [-0.15, -0.1) is 10.2 Å². The van der Waals surface area contributed by atoms with E-state index in [-0.39, 0.29) is 16.5 Å². The standard InChI is InChI=1S/C19H20FN5O3S/c1-2-25-13-22-23-18(25)11-12-21-19(26)14-7-9-15(10-8-14)29(27,28)24-17-6-4-3-5-16(17)20/h3-10,13,24H,2,11-12H2,1H3,(H,21,26). The maximum absolute atomic E-state index is 13.7. The van der Waals surface area contributed by atoms with Gasteiger partial charge in [0.2, 0.25) is 0 Å². The first-order chi connectivity index (χ1) is 13.9. The van der Waals surface area contributed by atoms with E-state index in [9.17, 15) is 17.6 Å². The highest BCUT2D eigenvalue weighted by Gasteiger charge is 2.17. The average Bonchev–Trinajstić information content (AvgIpc) is 3.17. The Balaban J connectivity index is 1.61. The van der Waals surface area contributed by atoms with Crippen LogP contribution in [0.4, 0.5) is 10.1 Å². The van der Waals surface area contributed by atoms with Crippen LogP contribution in [-0.4, -0.2) is 35.6 Å². The lowest BCUT2D eigenvalue weighted by Crippen LogP contribution is -2.26. The van der Waals surface area contributed by atoms with Crippen LogP contribution in [0.1, 0.15) is 23.1 Å². The molecule has 2 aromatic carbocycles. The van der Waals surface area contributed by atoms with E-state index < -0.39 is 15.8 Å². The van der Waals surface area contributed by atoms with Gasteiger partial charge in [-0.2, -0.15) is 0 Å². The third kappa shape index (κ3) is 4.96. The van der Waals surface area contributed by atoms with Gasteiger partial charge in [-0.1, -0.05) is 12.1 Å². The van der Waals surface area contributed by atoms with E-state index >= 15 is 0 Å². The van der Waals surface area contributed by atoms with Gasteiger partial charge in [-0.05, 0) is 43.3 Å². The van der Waals surface area contributed by atoms with E-state index in [1.54, 1.807) is 6.33 Å². The minimum absolute atomic E-state index is 0.0756. The number of aryl methyl sites for hydroxylation is 1. The summed E-state index contributed by atoms with van der Waals surface area (Å²) in [6.07, 6.45) is 2.16. The summed E-state index contributed by atoms with van der Waals surface area (Å²) < 4.78 is 42.6. The number of benzene rings is 2. The van der Waals surface area contributed by atoms with E-state index in [2.05, 4.69) is 20.2 Å². The van der Waals surface area contributed by atoms with Crippen molar-refractivity contribution in [2.75, 3.05) is 11.3 Å². The lowest BCUT2D eigenvalue weighted by molar-refractivity contribution is 0.0953. The van der Waals surface area contributed by atoms with Crippen LogP contribution in [0.3, 0.4) is 0 Å². The summed E-state index contributed by atoms with van der Waals surface area (Å²) in [6, 6.07) is 10.9. The zero-order chi connectivity index (χ0) is 20.9. The third-order valence-corrected chi connectivity index (χ3v) is 5.60. The van der Waals surface area contributed by atoms with Gasteiger partial charge in [0.1, 0.15) is 18.0 Å². The number of halogens is 1. The summed E-state index contributed by atoms with van der Waals surface area (Å²) in [7, 11) is -3.97. The third-order valence-electron chi connectivity index (χ3n) is 4.22. The van der Waals surface area contributed by atoms with Gasteiger partial charge < -0.3 is 9.88 Å². The van der Waals surface area contributed by atoms with Crippen molar-refractivity contribution in [1.29, 1.82) is 0 Å². The molecule has 2 N–H and O–H groups in total. The Bertz CT molecular complexity index is 1100. The monoisotopic (exact) mass is 417 g/mol. The normalized spacial score (nSPS) is 11.2. The van der Waals surface area contributed by atoms with Crippen LogP contribution in [0, 0.1) is 5.82 Å². The van der Waals surface area contributed by atoms with Gasteiger partial charge in [0, 0.05) is 25.1 Å². The average molecular weight is 417 g/mol. The zero-order valence-electron chi connectivity index (χ0n) is 15.7. The Hall–Kier alpha value is -3.27. The minimum atomic E-state index is -3.97. The molecule has 152 valence electrons. The highest BCUT2D eigenvalue weighted by atomic mass is 32.2. The molecule has 0 aliphatic carbocycles. The van der Waals surface area contributed by atoms with Crippen molar-refractivity contribution in [3.05, 3.63) is 72.1 Å². The molecule has 0 spiro atoms. The van der Waals surface area contributed by atoms with Crippen molar-refractivity contribution < 1.29 is 17.6 Å². The Morgan fingerprint density at radius 2 is 1.86 bits per heavy atom. The summed E-state index contributed by atoms with van der Waals surface area (Å²) in [5, 5.41) is 10.6. The van der Waals surface area contributed by atoms with Crippen LogP contribution in [0.25, 0.3) is 0 Å². The summed E-state index contributed by atoms with van der Waals surface area (Å²) in [5.74, 6) is -0.238. The molecule has 0 aliphatic heterocycles. The fraction of sp³-hybridized carbons (Fsp3) is 0.211. The van der Waals surface area contributed by atoms with Crippen LogP contribution in [0.5, 0.6) is 0 Å². The fourth-order valence-corrected chi connectivity index (χ4v) is 3.73. The molecule has 10 heteroatoms. The predicted molar refractivity (Wildman–Crippen MR) is 105 cm³/mol. The lowest BCUT2D eigenvalue weighted by atomic mass is 10.2. The number of carbonyl (C=O) groups excluding carboxylic acids is 1. The second-order valence-electron chi connectivity index (χ2n) is 6.15. The van der Waals surface area contributed by atoms with Crippen LogP contribution >= 0.6 is 0 Å².